The van der Waals surface area contributed by atoms with Gasteiger partial charge in [0.15, 0.2) is 0 Å². The van der Waals surface area contributed by atoms with Crippen LogP contribution in [0.25, 0.3) is 32.6 Å². The molecule has 2 heterocycles. The normalized spacial score (nSPS) is 10.6. The highest BCUT2D eigenvalue weighted by molar-refractivity contribution is 7.13. The number of thiazole rings is 1. The minimum absolute atomic E-state index is 0. The van der Waals surface area contributed by atoms with Crippen LogP contribution >= 0.6 is 11.3 Å². The third-order valence-electron chi connectivity index (χ3n) is 4.12. The van der Waals surface area contributed by atoms with Gasteiger partial charge >= 0.3 is 0 Å². The van der Waals surface area contributed by atoms with Crippen LogP contribution in [0.15, 0.2) is 66.2 Å². The fourth-order valence-electron chi connectivity index (χ4n) is 2.89. The molecule has 4 aromatic rings. The second kappa shape index (κ2) is 7.89. The van der Waals surface area contributed by atoms with Crippen molar-refractivity contribution < 1.29 is 17.0 Å². The lowest BCUT2D eigenvalue weighted by Crippen LogP contribution is -3.00. The van der Waals surface area contributed by atoms with Crippen LogP contribution in [0.5, 0.6) is 0 Å². The Balaban J connectivity index is 0.00000182. The van der Waals surface area contributed by atoms with Crippen LogP contribution in [0.2, 0.25) is 0 Å². The highest BCUT2D eigenvalue weighted by atomic mass is 79.9. The Bertz CT molecular complexity index is 994. The molecule has 0 fully saturated rings. The SMILES string of the molecule is CCCc1cc(-c2nc(-c3ccc4ccccc4c3)cs2)ccn1.[Br-]. The minimum Gasteiger partial charge on any atom is -1.00 e. The Morgan fingerprint density at radius 1 is 0.920 bits per heavy atom. The van der Waals surface area contributed by atoms with Crippen LogP contribution < -0.4 is 17.0 Å². The first-order valence-electron chi connectivity index (χ1n) is 8.23. The summed E-state index contributed by atoms with van der Waals surface area (Å²) in [6, 6.07) is 19.2. The smallest absolute Gasteiger partial charge is 0.124 e. The maximum atomic E-state index is 4.85. The van der Waals surface area contributed by atoms with E-state index in [0.717, 1.165) is 34.8 Å². The van der Waals surface area contributed by atoms with Gasteiger partial charge in [0.25, 0.3) is 0 Å². The third kappa shape index (κ3) is 3.80. The molecule has 0 aliphatic carbocycles. The van der Waals surface area contributed by atoms with Gasteiger partial charge in [0.05, 0.1) is 5.69 Å². The second-order valence-electron chi connectivity index (χ2n) is 5.89. The van der Waals surface area contributed by atoms with Crippen molar-refractivity contribution in [2.75, 3.05) is 0 Å². The van der Waals surface area contributed by atoms with Crippen LogP contribution in [0.1, 0.15) is 19.0 Å². The molecule has 126 valence electrons. The van der Waals surface area contributed by atoms with Gasteiger partial charge in [0, 0.05) is 28.4 Å². The average Bonchev–Trinajstić information content (AvgIpc) is 3.12. The summed E-state index contributed by atoms with van der Waals surface area (Å²) >= 11 is 1.69. The van der Waals surface area contributed by atoms with Crippen molar-refractivity contribution in [2.45, 2.75) is 19.8 Å². The number of aromatic nitrogens is 2. The molecule has 2 nitrogen and oxygen atoms in total. The summed E-state index contributed by atoms with van der Waals surface area (Å²) in [5.41, 5.74) is 4.50. The molecule has 0 unspecified atom stereocenters. The van der Waals surface area contributed by atoms with Crippen molar-refractivity contribution in [3.63, 3.8) is 0 Å². The van der Waals surface area contributed by atoms with Crippen molar-refractivity contribution in [1.82, 2.24) is 9.97 Å². The van der Waals surface area contributed by atoms with Gasteiger partial charge in [0.2, 0.25) is 0 Å². The zero-order chi connectivity index (χ0) is 16.4. The first-order valence-corrected chi connectivity index (χ1v) is 9.11. The number of aryl methyl sites for hydroxylation is 1. The van der Waals surface area contributed by atoms with Gasteiger partial charge in [-0.15, -0.1) is 11.3 Å². The first-order chi connectivity index (χ1) is 11.8. The third-order valence-corrected chi connectivity index (χ3v) is 5.01. The second-order valence-corrected chi connectivity index (χ2v) is 6.74. The predicted molar refractivity (Wildman–Crippen MR) is 102 cm³/mol. The minimum atomic E-state index is 0. The molecule has 0 atom stereocenters. The van der Waals surface area contributed by atoms with E-state index in [1.807, 2.05) is 12.3 Å². The van der Waals surface area contributed by atoms with Crippen LogP contribution in [-0.4, -0.2) is 9.97 Å². The maximum Gasteiger partial charge on any atom is 0.124 e. The molecule has 0 spiro atoms. The molecule has 0 bridgehead atoms. The van der Waals surface area contributed by atoms with E-state index in [1.165, 1.54) is 16.3 Å². The monoisotopic (exact) mass is 409 g/mol. The van der Waals surface area contributed by atoms with E-state index in [2.05, 4.69) is 65.8 Å². The lowest BCUT2D eigenvalue weighted by molar-refractivity contribution is -0.00000480. The molecular formula is C21H18BrN2S-. The average molecular weight is 410 g/mol. The number of pyridine rings is 1. The Morgan fingerprint density at radius 3 is 2.60 bits per heavy atom. The van der Waals surface area contributed by atoms with Crippen molar-refractivity contribution in [2.24, 2.45) is 0 Å². The largest absolute Gasteiger partial charge is 1.00 e. The summed E-state index contributed by atoms with van der Waals surface area (Å²) in [6.07, 6.45) is 4.00. The first kappa shape index (κ1) is 17.8. The molecule has 0 aliphatic rings. The van der Waals surface area contributed by atoms with Gasteiger partial charge in [-0.3, -0.25) is 4.98 Å². The molecule has 0 aliphatic heterocycles. The molecule has 0 saturated heterocycles. The number of halogens is 1. The predicted octanol–water partition coefficient (Wildman–Crippen LogP) is 2.98. The highest BCUT2D eigenvalue weighted by Crippen LogP contribution is 2.30. The number of fused-ring (bicyclic) bond motifs is 1. The van der Waals surface area contributed by atoms with E-state index in [0.29, 0.717) is 0 Å². The Morgan fingerprint density at radius 2 is 1.76 bits per heavy atom. The number of nitrogens with zero attached hydrogens (tertiary/aromatic N) is 2. The fourth-order valence-corrected chi connectivity index (χ4v) is 3.72. The van der Waals surface area contributed by atoms with E-state index in [4.69, 9.17) is 4.98 Å². The quantitative estimate of drug-likeness (QED) is 0.517. The summed E-state index contributed by atoms with van der Waals surface area (Å²) in [6.45, 7) is 2.18. The van der Waals surface area contributed by atoms with Crippen LogP contribution in [0.4, 0.5) is 0 Å². The van der Waals surface area contributed by atoms with Crippen molar-refractivity contribution in [3.8, 4) is 21.8 Å². The summed E-state index contributed by atoms with van der Waals surface area (Å²) in [7, 11) is 0. The van der Waals surface area contributed by atoms with Gasteiger partial charge < -0.3 is 17.0 Å². The highest BCUT2D eigenvalue weighted by Gasteiger charge is 2.08. The van der Waals surface area contributed by atoms with E-state index >= 15 is 0 Å². The van der Waals surface area contributed by atoms with Crippen LogP contribution in [-0.2, 0) is 6.42 Å². The molecule has 0 radical (unpaired) electrons. The number of benzene rings is 2. The summed E-state index contributed by atoms with van der Waals surface area (Å²) < 4.78 is 0. The maximum absolute atomic E-state index is 4.85. The molecule has 4 heteroatoms. The van der Waals surface area contributed by atoms with E-state index < -0.39 is 0 Å². The van der Waals surface area contributed by atoms with Crippen LogP contribution in [0.3, 0.4) is 0 Å². The molecule has 0 N–H and O–H groups in total. The summed E-state index contributed by atoms with van der Waals surface area (Å²) in [4.78, 5) is 9.28. The summed E-state index contributed by atoms with van der Waals surface area (Å²) in [5.74, 6) is 0. The Hall–Kier alpha value is -2.04. The van der Waals surface area contributed by atoms with E-state index in [1.54, 1.807) is 11.3 Å². The van der Waals surface area contributed by atoms with E-state index in [-0.39, 0.29) is 17.0 Å². The molecule has 25 heavy (non-hydrogen) atoms. The molecule has 4 rings (SSSR count). The standard InChI is InChI=1S/C21H18N2S.BrH/c1-2-5-19-13-18(10-11-22-19)21-23-20(14-24-21)17-9-8-15-6-3-4-7-16(15)12-17;/h3-4,6-14H,2,5H2,1H3;1H/p-1. The zero-order valence-electron chi connectivity index (χ0n) is 13.9. The van der Waals surface area contributed by atoms with Gasteiger partial charge in [-0.25, -0.2) is 4.98 Å². The lowest BCUT2D eigenvalue weighted by Gasteiger charge is -2.02. The number of rotatable bonds is 4. The number of hydrogen-bond acceptors (Lipinski definition) is 3. The van der Waals surface area contributed by atoms with Gasteiger partial charge in [0.1, 0.15) is 5.01 Å². The van der Waals surface area contributed by atoms with E-state index in [9.17, 15) is 0 Å². The Kier molecular flexibility index (Phi) is 5.61. The zero-order valence-corrected chi connectivity index (χ0v) is 16.3. The van der Waals surface area contributed by atoms with Gasteiger partial charge in [-0.2, -0.15) is 0 Å². The van der Waals surface area contributed by atoms with Crippen molar-refractivity contribution in [1.29, 1.82) is 0 Å². The number of hydrogen-bond donors (Lipinski definition) is 0. The summed E-state index contributed by atoms with van der Waals surface area (Å²) in [5, 5.41) is 5.70. The van der Waals surface area contributed by atoms with Gasteiger partial charge in [-0.05, 0) is 35.4 Å². The lowest BCUT2D eigenvalue weighted by atomic mass is 10.1. The Labute approximate surface area is 162 Å². The van der Waals surface area contributed by atoms with Crippen LogP contribution in [0, 0.1) is 0 Å². The fraction of sp³-hybridized carbons (Fsp3) is 0.143. The molecule has 0 saturated carbocycles. The van der Waals surface area contributed by atoms with Gasteiger partial charge in [-0.1, -0.05) is 49.7 Å². The topological polar surface area (TPSA) is 25.8 Å². The van der Waals surface area contributed by atoms with Crippen molar-refractivity contribution >= 4 is 22.1 Å². The molecular weight excluding hydrogens is 392 g/mol. The molecule has 2 aromatic heterocycles. The van der Waals surface area contributed by atoms with Crippen molar-refractivity contribution in [3.05, 3.63) is 71.9 Å². The molecule has 0 amide bonds. The molecule has 2 aromatic carbocycles.